The van der Waals surface area contributed by atoms with Gasteiger partial charge in [-0.3, -0.25) is 14.5 Å². The molecule has 144 valence electrons. The van der Waals surface area contributed by atoms with Crippen LogP contribution in [0.15, 0.2) is 29.6 Å². The van der Waals surface area contributed by atoms with Crippen molar-refractivity contribution in [2.45, 2.75) is 32.0 Å². The number of thiazole rings is 1. The zero-order chi connectivity index (χ0) is 19.6. The normalized spacial score (nSPS) is 22.6. The number of halogens is 1. The van der Waals surface area contributed by atoms with Crippen LogP contribution in [0.5, 0.6) is 0 Å². The van der Waals surface area contributed by atoms with Gasteiger partial charge in [-0.2, -0.15) is 0 Å². The number of nitrogens with one attached hydrogen (secondary N) is 1. The van der Waals surface area contributed by atoms with Crippen molar-refractivity contribution in [2.75, 3.05) is 14.2 Å². The molecule has 1 amide bonds. The number of hydrogen-bond donors (Lipinski definition) is 1. The minimum atomic E-state index is -0.600. The number of aryl methyl sites for hydroxylation is 1. The molecule has 6 nitrogen and oxygen atoms in total. The highest BCUT2D eigenvalue weighted by Gasteiger charge is 2.47. The average Bonchev–Trinajstić information content (AvgIpc) is 3.23. The van der Waals surface area contributed by atoms with Gasteiger partial charge in [-0.15, -0.1) is 11.3 Å². The number of amides is 1. The molecular formula is C19H22FN3O3S. The molecule has 1 saturated heterocycles. The molecule has 2 heterocycles. The van der Waals surface area contributed by atoms with E-state index in [-0.39, 0.29) is 12.3 Å². The van der Waals surface area contributed by atoms with Crippen LogP contribution >= 0.6 is 11.3 Å². The van der Waals surface area contributed by atoms with E-state index in [2.05, 4.69) is 10.3 Å². The molecule has 2 aromatic rings. The predicted octanol–water partition coefficient (Wildman–Crippen LogP) is 2.44. The number of nitrogens with zero attached hydrogens (tertiary/aromatic N) is 2. The number of likely N-dealkylation sites (N-methyl/N-ethyl adjacent to an activating group) is 1. The summed E-state index contributed by atoms with van der Waals surface area (Å²) in [5, 5.41) is 5.60. The SMILES string of the molecule is COC(=O)[C@@H]1C[C@H](C(=O)NCc2nc(C)cs2)[C@H](c2ccccc2F)N1C. The van der Waals surface area contributed by atoms with Crippen molar-refractivity contribution in [1.82, 2.24) is 15.2 Å². The third-order valence-corrected chi connectivity index (χ3v) is 5.87. The van der Waals surface area contributed by atoms with Gasteiger partial charge in [0.15, 0.2) is 0 Å². The number of carbonyl (C=O) groups is 2. The van der Waals surface area contributed by atoms with Crippen molar-refractivity contribution in [1.29, 1.82) is 0 Å². The van der Waals surface area contributed by atoms with E-state index >= 15 is 0 Å². The van der Waals surface area contributed by atoms with Crippen molar-refractivity contribution in [2.24, 2.45) is 5.92 Å². The van der Waals surface area contributed by atoms with Gasteiger partial charge >= 0.3 is 5.97 Å². The molecule has 1 aliphatic rings. The number of benzene rings is 1. The lowest BCUT2D eigenvalue weighted by Crippen LogP contribution is -2.36. The first-order valence-electron chi connectivity index (χ1n) is 8.65. The number of esters is 1. The number of carbonyl (C=O) groups excluding carboxylic acids is 2. The summed E-state index contributed by atoms with van der Waals surface area (Å²) in [5.74, 6) is -1.62. The highest BCUT2D eigenvalue weighted by atomic mass is 32.1. The molecule has 0 aliphatic carbocycles. The van der Waals surface area contributed by atoms with Crippen LogP contribution < -0.4 is 5.32 Å². The molecule has 3 atom stereocenters. The van der Waals surface area contributed by atoms with Crippen LogP contribution in [0.3, 0.4) is 0 Å². The van der Waals surface area contributed by atoms with E-state index in [4.69, 9.17) is 4.74 Å². The molecule has 8 heteroatoms. The van der Waals surface area contributed by atoms with Crippen LogP contribution in [0.2, 0.25) is 0 Å². The van der Waals surface area contributed by atoms with Gasteiger partial charge in [0.05, 0.1) is 19.6 Å². The lowest BCUT2D eigenvalue weighted by Gasteiger charge is -2.27. The Kier molecular flexibility index (Phi) is 5.86. The Morgan fingerprint density at radius 1 is 1.41 bits per heavy atom. The predicted molar refractivity (Wildman–Crippen MR) is 99.5 cm³/mol. The molecule has 1 aromatic carbocycles. The third-order valence-electron chi connectivity index (χ3n) is 4.90. The maximum Gasteiger partial charge on any atom is 0.323 e. The quantitative estimate of drug-likeness (QED) is 0.793. The largest absolute Gasteiger partial charge is 0.468 e. The van der Waals surface area contributed by atoms with E-state index in [0.717, 1.165) is 10.7 Å². The summed E-state index contributed by atoms with van der Waals surface area (Å²) >= 11 is 1.47. The standard InChI is InChI=1S/C19H22FN3O3S/c1-11-10-27-16(22-11)9-21-18(24)13-8-15(19(25)26-3)23(2)17(13)12-6-4-5-7-14(12)20/h4-7,10,13,15,17H,8-9H2,1-3H3,(H,21,24)/t13-,15-,17-/m0/s1. The molecule has 0 spiro atoms. The van der Waals surface area contributed by atoms with Crippen LogP contribution in [-0.2, 0) is 20.9 Å². The summed E-state index contributed by atoms with van der Waals surface area (Å²) in [5.41, 5.74) is 1.30. The first-order chi connectivity index (χ1) is 12.9. The maximum absolute atomic E-state index is 14.4. The fraction of sp³-hybridized carbons (Fsp3) is 0.421. The summed E-state index contributed by atoms with van der Waals surface area (Å²) in [6.45, 7) is 2.20. The second kappa shape index (κ2) is 8.14. The zero-order valence-corrected chi connectivity index (χ0v) is 16.3. The highest BCUT2D eigenvalue weighted by Crippen LogP contribution is 2.41. The molecule has 27 heavy (non-hydrogen) atoms. The lowest BCUT2D eigenvalue weighted by molar-refractivity contribution is -0.145. The maximum atomic E-state index is 14.4. The van der Waals surface area contributed by atoms with Gasteiger partial charge in [0, 0.05) is 22.7 Å². The number of rotatable bonds is 5. The van der Waals surface area contributed by atoms with E-state index in [9.17, 15) is 14.0 Å². The van der Waals surface area contributed by atoms with Crippen molar-refractivity contribution in [3.8, 4) is 0 Å². The lowest BCUT2D eigenvalue weighted by atomic mass is 9.92. The first-order valence-corrected chi connectivity index (χ1v) is 9.53. The van der Waals surface area contributed by atoms with Gasteiger partial charge in [-0.05, 0) is 26.5 Å². The Labute approximate surface area is 161 Å². The summed E-state index contributed by atoms with van der Waals surface area (Å²) in [7, 11) is 3.03. The fourth-order valence-electron chi connectivity index (χ4n) is 3.59. The molecule has 0 bridgehead atoms. The van der Waals surface area contributed by atoms with Crippen LogP contribution in [0.25, 0.3) is 0 Å². The van der Waals surface area contributed by atoms with E-state index in [0.29, 0.717) is 12.1 Å². The third kappa shape index (κ3) is 4.01. The fourth-order valence-corrected chi connectivity index (χ4v) is 4.30. The molecule has 1 fully saturated rings. The Morgan fingerprint density at radius 2 is 2.15 bits per heavy atom. The minimum absolute atomic E-state index is 0.227. The molecule has 1 aliphatic heterocycles. The number of hydrogen-bond acceptors (Lipinski definition) is 6. The second-order valence-electron chi connectivity index (χ2n) is 6.61. The van der Waals surface area contributed by atoms with Crippen molar-refractivity contribution in [3.05, 3.63) is 51.7 Å². The summed E-state index contributed by atoms with van der Waals surface area (Å²) in [6, 6.07) is 5.20. The van der Waals surface area contributed by atoms with Crippen LogP contribution in [0.4, 0.5) is 4.39 Å². The summed E-state index contributed by atoms with van der Waals surface area (Å²) < 4.78 is 19.3. The molecule has 3 rings (SSSR count). The van der Waals surface area contributed by atoms with Gasteiger partial charge in [-0.25, -0.2) is 9.37 Å². The van der Waals surface area contributed by atoms with Gasteiger partial charge in [0.25, 0.3) is 0 Å². The number of methoxy groups -OCH3 is 1. The second-order valence-corrected chi connectivity index (χ2v) is 7.56. The Balaban J connectivity index is 1.84. The van der Waals surface area contributed by atoms with E-state index in [1.54, 1.807) is 30.1 Å². The molecule has 0 radical (unpaired) electrons. The van der Waals surface area contributed by atoms with Gasteiger partial charge in [-0.1, -0.05) is 18.2 Å². The van der Waals surface area contributed by atoms with Crippen LogP contribution in [-0.4, -0.2) is 42.0 Å². The number of aromatic nitrogens is 1. The minimum Gasteiger partial charge on any atom is -0.468 e. The molecule has 0 unspecified atom stereocenters. The Hall–Kier alpha value is -2.32. The zero-order valence-electron chi connectivity index (χ0n) is 15.4. The smallest absolute Gasteiger partial charge is 0.323 e. The van der Waals surface area contributed by atoms with Gasteiger partial charge in [0.2, 0.25) is 5.91 Å². The topological polar surface area (TPSA) is 71.5 Å². The van der Waals surface area contributed by atoms with Crippen LogP contribution in [0.1, 0.15) is 28.7 Å². The van der Waals surface area contributed by atoms with E-state index in [1.165, 1.54) is 24.5 Å². The summed E-state index contributed by atoms with van der Waals surface area (Å²) in [6.07, 6.45) is 0.269. The van der Waals surface area contributed by atoms with Crippen molar-refractivity contribution in [3.63, 3.8) is 0 Å². The Bertz CT molecular complexity index is 841. The van der Waals surface area contributed by atoms with Crippen LogP contribution in [0, 0.1) is 18.7 Å². The van der Waals surface area contributed by atoms with Crippen molar-refractivity contribution < 1.29 is 18.7 Å². The van der Waals surface area contributed by atoms with E-state index in [1.807, 2.05) is 12.3 Å². The molecular weight excluding hydrogens is 369 g/mol. The molecule has 0 saturated carbocycles. The number of likely N-dealkylation sites (tertiary alicyclic amines) is 1. The van der Waals surface area contributed by atoms with Gasteiger partial charge in [0.1, 0.15) is 16.9 Å². The highest BCUT2D eigenvalue weighted by molar-refractivity contribution is 7.09. The number of ether oxygens (including phenoxy) is 1. The molecule has 1 aromatic heterocycles. The first kappa shape index (κ1) is 19.4. The average molecular weight is 391 g/mol. The van der Waals surface area contributed by atoms with E-state index < -0.39 is 29.8 Å². The Morgan fingerprint density at radius 3 is 2.78 bits per heavy atom. The molecule has 1 N–H and O–H groups in total. The van der Waals surface area contributed by atoms with Crippen molar-refractivity contribution >= 4 is 23.2 Å². The van der Waals surface area contributed by atoms with Gasteiger partial charge < -0.3 is 10.1 Å². The monoisotopic (exact) mass is 391 g/mol. The summed E-state index contributed by atoms with van der Waals surface area (Å²) in [4.78, 5) is 31.1.